The van der Waals surface area contributed by atoms with Gasteiger partial charge < -0.3 is 14.5 Å². The van der Waals surface area contributed by atoms with Gasteiger partial charge in [-0.3, -0.25) is 0 Å². The zero-order valence-corrected chi connectivity index (χ0v) is 12.9. The second-order valence-corrected chi connectivity index (χ2v) is 5.34. The van der Waals surface area contributed by atoms with Crippen LogP contribution in [0.4, 0.5) is 0 Å². The molecular formula is C14H15BrClNO2. The van der Waals surface area contributed by atoms with Crippen LogP contribution >= 0.6 is 27.5 Å². The first-order chi connectivity index (χ1) is 9.20. The van der Waals surface area contributed by atoms with Crippen LogP contribution < -0.4 is 10.1 Å². The van der Waals surface area contributed by atoms with Crippen LogP contribution in [0, 0.1) is 0 Å². The van der Waals surface area contributed by atoms with E-state index in [1.807, 2.05) is 24.3 Å². The van der Waals surface area contributed by atoms with Crippen LogP contribution in [-0.4, -0.2) is 6.54 Å². The second-order valence-electron chi connectivity index (χ2n) is 4.01. The average molecular weight is 345 g/mol. The summed E-state index contributed by atoms with van der Waals surface area (Å²) in [5, 5.41) is 3.82. The average Bonchev–Trinajstić information content (AvgIpc) is 2.83. The molecule has 102 valence electrons. The lowest BCUT2D eigenvalue weighted by Gasteiger charge is -2.08. The summed E-state index contributed by atoms with van der Waals surface area (Å²) in [4.78, 5) is 0. The van der Waals surface area contributed by atoms with Gasteiger partial charge in [-0.1, -0.05) is 34.5 Å². The Bertz CT molecular complexity index is 542. The zero-order valence-electron chi connectivity index (χ0n) is 10.6. The van der Waals surface area contributed by atoms with E-state index in [1.165, 1.54) is 0 Å². The van der Waals surface area contributed by atoms with Crippen molar-refractivity contribution in [2.45, 2.75) is 20.1 Å². The van der Waals surface area contributed by atoms with Crippen molar-refractivity contribution in [2.75, 3.05) is 6.54 Å². The van der Waals surface area contributed by atoms with E-state index in [2.05, 4.69) is 28.2 Å². The minimum absolute atomic E-state index is 0.443. The fourth-order valence-corrected chi connectivity index (χ4v) is 2.37. The Morgan fingerprint density at radius 1 is 1.37 bits per heavy atom. The highest BCUT2D eigenvalue weighted by molar-refractivity contribution is 9.10. The van der Waals surface area contributed by atoms with Crippen LogP contribution in [-0.2, 0) is 13.2 Å². The molecule has 3 nitrogen and oxygen atoms in total. The highest BCUT2D eigenvalue weighted by atomic mass is 79.9. The fraction of sp³-hybridized carbons (Fsp3) is 0.286. The topological polar surface area (TPSA) is 34.4 Å². The third-order valence-electron chi connectivity index (χ3n) is 2.65. The molecular weight excluding hydrogens is 330 g/mol. The molecule has 0 spiro atoms. The summed E-state index contributed by atoms with van der Waals surface area (Å²) >= 11 is 9.47. The Hall–Kier alpha value is -0.970. The Morgan fingerprint density at radius 2 is 2.21 bits per heavy atom. The molecule has 2 aromatic rings. The van der Waals surface area contributed by atoms with Gasteiger partial charge in [0, 0.05) is 10.0 Å². The van der Waals surface area contributed by atoms with E-state index < -0.39 is 0 Å². The number of hydrogen-bond donors (Lipinski definition) is 1. The molecule has 0 aliphatic carbocycles. The van der Waals surface area contributed by atoms with Crippen LogP contribution in [0.15, 0.2) is 39.4 Å². The van der Waals surface area contributed by atoms with Gasteiger partial charge in [0.1, 0.15) is 18.1 Å². The van der Waals surface area contributed by atoms with Gasteiger partial charge in [-0.05, 0) is 30.8 Å². The number of halogens is 2. The molecule has 0 fully saturated rings. The van der Waals surface area contributed by atoms with Crippen LogP contribution in [0.1, 0.15) is 18.2 Å². The van der Waals surface area contributed by atoms with Crippen molar-refractivity contribution in [2.24, 2.45) is 0 Å². The molecule has 0 amide bonds. The van der Waals surface area contributed by atoms with Crippen LogP contribution in [0.25, 0.3) is 0 Å². The van der Waals surface area contributed by atoms with E-state index in [0.29, 0.717) is 23.9 Å². The van der Waals surface area contributed by atoms with Crippen molar-refractivity contribution in [3.63, 3.8) is 0 Å². The molecule has 0 saturated heterocycles. The smallest absolute Gasteiger partial charge is 0.138 e. The van der Waals surface area contributed by atoms with Crippen molar-refractivity contribution in [3.05, 3.63) is 51.3 Å². The summed E-state index contributed by atoms with van der Waals surface area (Å²) in [6.07, 6.45) is 1.68. The Morgan fingerprint density at radius 3 is 2.95 bits per heavy atom. The van der Waals surface area contributed by atoms with E-state index in [4.69, 9.17) is 20.8 Å². The molecule has 1 aromatic carbocycles. The third kappa shape index (κ3) is 4.00. The van der Waals surface area contributed by atoms with E-state index in [0.717, 1.165) is 22.3 Å². The normalized spacial score (nSPS) is 10.7. The molecule has 19 heavy (non-hydrogen) atoms. The van der Waals surface area contributed by atoms with Crippen molar-refractivity contribution < 1.29 is 9.15 Å². The maximum absolute atomic E-state index is 6.10. The first-order valence-corrected chi connectivity index (χ1v) is 7.21. The van der Waals surface area contributed by atoms with Gasteiger partial charge in [0.15, 0.2) is 0 Å². The first kappa shape index (κ1) is 14.4. The highest BCUT2D eigenvalue weighted by Gasteiger charge is 2.08. The predicted molar refractivity (Wildman–Crippen MR) is 79.6 cm³/mol. The molecule has 0 atom stereocenters. The number of furan rings is 1. The Labute approximate surface area is 126 Å². The number of hydrogen-bond acceptors (Lipinski definition) is 3. The SMILES string of the molecule is CCNCc1occc1COc1ccc(Br)cc1Cl. The molecule has 0 aliphatic rings. The second kappa shape index (κ2) is 6.98. The highest BCUT2D eigenvalue weighted by Crippen LogP contribution is 2.28. The molecule has 0 bridgehead atoms. The summed E-state index contributed by atoms with van der Waals surface area (Å²) in [6.45, 7) is 4.11. The molecule has 2 rings (SSSR count). The molecule has 0 aliphatic heterocycles. The first-order valence-electron chi connectivity index (χ1n) is 6.04. The van der Waals surface area contributed by atoms with Crippen LogP contribution in [0.5, 0.6) is 5.75 Å². The van der Waals surface area contributed by atoms with Crippen molar-refractivity contribution in [3.8, 4) is 5.75 Å². The quantitative estimate of drug-likeness (QED) is 0.844. The van der Waals surface area contributed by atoms with Gasteiger partial charge >= 0.3 is 0 Å². The number of benzene rings is 1. The van der Waals surface area contributed by atoms with Crippen molar-refractivity contribution >= 4 is 27.5 Å². The molecule has 1 heterocycles. The molecule has 1 N–H and O–H groups in total. The van der Waals surface area contributed by atoms with Gasteiger partial charge in [0.2, 0.25) is 0 Å². The lowest BCUT2D eigenvalue weighted by molar-refractivity contribution is 0.301. The van der Waals surface area contributed by atoms with E-state index in [-0.39, 0.29) is 0 Å². The van der Waals surface area contributed by atoms with Gasteiger partial charge in [0.25, 0.3) is 0 Å². The van der Waals surface area contributed by atoms with Crippen LogP contribution in [0.2, 0.25) is 5.02 Å². The van der Waals surface area contributed by atoms with Gasteiger partial charge in [-0.15, -0.1) is 0 Å². The van der Waals surface area contributed by atoms with Crippen LogP contribution in [0.3, 0.4) is 0 Å². The minimum atomic E-state index is 0.443. The summed E-state index contributed by atoms with van der Waals surface area (Å²) in [7, 11) is 0. The zero-order chi connectivity index (χ0) is 13.7. The lowest BCUT2D eigenvalue weighted by Crippen LogP contribution is -2.12. The maximum atomic E-state index is 6.10. The lowest BCUT2D eigenvalue weighted by atomic mass is 10.2. The van der Waals surface area contributed by atoms with E-state index in [9.17, 15) is 0 Å². The van der Waals surface area contributed by atoms with Gasteiger partial charge in [0.05, 0.1) is 17.8 Å². The van der Waals surface area contributed by atoms with Crippen molar-refractivity contribution in [1.82, 2.24) is 5.32 Å². The molecule has 0 unspecified atom stereocenters. The van der Waals surface area contributed by atoms with E-state index >= 15 is 0 Å². The van der Waals surface area contributed by atoms with E-state index in [1.54, 1.807) is 6.26 Å². The summed E-state index contributed by atoms with van der Waals surface area (Å²) in [5.74, 6) is 1.57. The van der Waals surface area contributed by atoms with Gasteiger partial charge in [-0.2, -0.15) is 0 Å². The van der Waals surface area contributed by atoms with Crippen molar-refractivity contribution in [1.29, 1.82) is 0 Å². The fourth-order valence-electron chi connectivity index (χ4n) is 1.64. The molecule has 1 aromatic heterocycles. The number of ether oxygens (including phenoxy) is 1. The summed E-state index contributed by atoms with van der Waals surface area (Å²) < 4.78 is 12.1. The standard InChI is InChI=1S/C14H15BrClNO2/c1-2-17-8-14-10(5-6-18-14)9-19-13-4-3-11(15)7-12(13)16/h3-7,17H,2,8-9H2,1H3. The summed E-state index contributed by atoms with van der Waals surface area (Å²) in [6, 6.07) is 7.47. The Kier molecular flexibility index (Phi) is 5.31. The maximum Gasteiger partial charge on any atom is 0.138 e. The predicted octanol–water partition coefficient (Wildman–Crippen LogP) is 4.38. The number of rotatable bonds is 6. The summed E-state index contributed by atoms with van der Waals surface area (Å²) in [5.41, 5.74) is 1.03. The van der Waals surface area contributed by atoms with Gasteiger partial charge in [-0.25, -0.2) is 0 Å². The number of nitrogens with one attached hydrogen (secondary N) is 1. The Balaban J connectivity index is 2.00. The molecule has 0 saturated carbocycles. The minimum Gasteiger partial charge on any atom is -0.487 e. The molecule has 0 radical (unpaired) electrons. The largest absolute Gasteiger partial charge is 0.487 e. The molecule has 5 heteroatoms. The third-order valence-corrected chi connectivity index (χ3v) is 3.44. The monoisotopic (exact) mass is 343 g/mol.